The number of rotatable bonds is 5. The van der Waals surface area contributed by atoms with Crippen LogP contribution in [0.3, 0.4) is 0 Å². The van der Waals surface area contributed by atoms with Crippen molar-refractivity contribution in [3.05, 3.63) is 24.8 Å². The summed E-state index contributed by atoms with van der Waals surface area (Å²) in [7, 11) is 0. The number of carbonyl (C=O) groups excluding carboxylic acids is 1. The summed E-state index contributed by atoms with van der Waals surface area (Å²) >= 11 is 0. The second-order valence-electron chi connectivity index (χ2n) is 3.30. The lowest BCUT2D eigenvalue weighted by atomic mass is 10.1. The zero-order valence-corrected chi connectivity index (χ0v) is 8.49. The normalized spacial score (nSPS) is 26.4. The van der Waals surface area contributed by atoms with Gasteiger partial charge >= 0.3 is 5.97 Å². The van der Waals surface area contributed by atoms with Crippen LogP contribution < -0.4 is 0 Å². The minimum atomic E-state index is -0.336. The Morgan fingerprint density at radius 2 is 2.36 bits per heavy atom. The summed E-state index contributed by atoms with van der Waals surface area (Å²) in [5.74, 6) is -0.336. The molecule has 1 heterocycles. The van der Waals surface area contributed by atoms with Gasteiger partial charge in [-0.1, -0.05) is 26.0 Å². The highest BCUT2D eigenvalue weighted by molar-refractivity contribution is 5.91. The third-order valence-corrected chi connectivity index (χ3v) is 2.17. The lowest BCUT2D eigenvalue weighted by Gasteiger charge is -2.16. The molecule has 0 radical (unpaired) electrons. The SMILES string of the molecule is C=CCOC1C(=C)C(=O)O[C@@H]1CCC. The molecule has 1 saturated heterocycles. The second kappa shape index (κ2) is 4.96. The highest BCUT2D eigenvalue weighted by atomic mass is 16.6. The van der Waals surface area contributed by atoms with Crippen LogP contribution in [0, 0.1) is 0 Å². The van der Waals surface area contributed by atoms with Crippen molar-refractivity contribution in [2.75, 3.05) is 6.61 Å². The third-order valence-electron chi connectivity index (χ3n) is 2.17. The Morgan fingerprint density at radius 1 is 1.64 bits per heavy atom. The van der Waals surface area contributed by atoms with E-state index in [9.17, 15) is 4.79 Å². The van der Waals surface area contributed by atoms with E-state index in [1.165, 1.54) is 0 Å². The van der Waals surface area contributed by atoms with E-state index in [1.807, 2.05) is 6.92 Å². The Labute approximate surface area is 84.4 Å². The van der Waals surface area contributed by atoms with Gasteiger partial charge in [0.25, 0.3) is 0 Å². The van der Waals surface area contributed by atoms with Crippen molar-refractivity contribution in [2.45, 2.75) is 32.0 Å². The fourth-order valence-electron chi connectivity index (χ4n) is 1.49. The van der Waals surface area contributed by atoms with Crippen molar-refractivity contribution in [1.29, 1.82) is 0 Å². The van der Waals surface area contributed by atoms with E-state index in [2.05, 4.69) is 13.2 Å². The minimum Gasteiger partial charge on any atom is -0.456 e. The van der Waals surface area contributed by atoms with E-state index < -0.39 is 0 Å². The van der Waals surface area contributed by atoms with E-state index in [4.69, 9.17) is 9.47 Å². The molecule has 0 saturated carbocycles. The molecular weight excluding hydrogens is 180 g/mol. The molecule has 0 aromatic rings. The highest BCUT2D eigenvalue weighted by Crippen LogP contribution is 2.25. The van der Waals surface area contributed by atoms with Crippen LogP contribution in [0.1, 0.15) is 19.8 Å². The molecule has 0 aromatic heterocycles. The van der Waals surface area contributed by atoms with Crippen molar-refractivity contribution in [1.82, 2.24) is 0 Å². The van der Waals surface area contributed by atoms with Gasteiger partial charge in [-0.15, -0.1) is 6.58 Å². The molecule has 1 aliphatic rings. The molecule has 78 valence electrons. The van der Waals surface area contributed by atoms with Gasteiger partial charge in [-0.3, -0.25) is 0 Å². The maximum absolute atomic E-state index is 11.2. The van der Waals surface area contributed by atoms with Crippen molar-refractivity contribution in [2.24, 2.45) is 0 Å². The van der Waals surface area contributed by atoms with E-state index in [0.717, 1.165) is 12.8 Å². The maximum Gasteiger partial charge on any atom is 0.336 e. The largest absolute Gasteiger partial charge is 0.456 e. The Bertz CT molecular complexity index is 245. The van der Waals surface area contributed by atoms with E-state index in [-0.39, 0.29) is 18.2 Å². The van der Waals surface area contributed by atoms with Crippen molar-refractivity contribution < 1.29 is 14.3 Å². The zero-order chi connectivity index (χ0) is 10.6. The Kier molecular flexibility index (Phi) is 3.89. The Morgan fingerprint density at radius 3 is 2.93 bits per heavy atom. The first-order valence-electron chi connectivity index (χ1n) is 4.83. The number of carbonyl (C=O) groups is 1. The van der Waals surface area contributed by atoms with E-state index in [0.29, 0.717) is 12.2 Å². The molecule has 1 rings (SSSR count). The third kappa shape index (κ3) is 2.23. The van der Waals surface area contributed by atoms with Gasteiger partial charge in [0.15, 0.2) is 0 Å². The number of hydrogen-bond acceptors (Lipinski definition) is 3. The van der Waals surface area contributed by atoms with Crippen LogP contribution in [0.5, 0.6) is 0 Å². The van der Waals surface area contributed by atoms with Crippen molar-refractivity contribution in [3.63, 3.8) is 0 Å². The second-order valence-corrected chi connectivity index (χ2v) is 3.30. The van der Waals surface area contributed by atoms with Crippen molar-refractivity contribution >= 4 is 5.97 Å². The quantitative estimate of drug-likeness (QED) is 0.382. The van der Waals surface area contributed by atoms with Gasteiger partial charge in [-0.25, -0.2) is 4.79 Å². The number of cyclic esters (lactones) is 1. The molecule has 1 aliphatic heterocycles. The first-order valence-corrected chi connectivity index (χ1v) is 4.83. The van der Waals surface area contributed by atoms with Crippen molar-refractivity contribution in [3.8, 4) is 0 Å². The maximum atomic E-state index is 11.2. The van der Waals surface area contributed by atoms with E-state index >= 15 is 0 Å². The van der Waals surface area contributed by atoms with Crippen LogP contribution in [-0.2, 0) is 14.3 Å². The number of esters is 1. The molecule has 2 atom stereocenters. The molecule has 3 heteroatoms. The molecule has 0 N–H and O–H groups in total. The summed E-state index contributed by atoms with van der Waals surface area (Å²) in [6.07, 6.45) is 2.96. The van der Waals surface area contributed by atoms with Gasteiger partial charge in [-0.05, 0) is 6.42 Å². The summed E-state index contributed by atoms with van der Waals surface area (Å²) in [4.78, 5) is 11.2. The summed E-state index contributed by atoms with van der Waals surface area (Å²) in [5.41, 5.74) is 0.422. The fraction of sp³-hybridized carbons (Fsp3) is 0.545. The average molecular weight is 196 g/mol. The van der Waals surface area contributed by atoms with Crippen LogP contribution >= 0.6 is 0 Å². The van der Waals surface area contributed by atoms with Gasteiger partial charge < -0.3 is 9.47 Å². The number of hydrogen-bond donors (Lipinski definition) is 0. The summed E-state index contributed by atoms with van der Waals surface area (Å²) in [6.45, 7) is 9.68. The van der Waals surface area contributed by atoms with Crippen LogP contribution in [0.25, 0.3) is 0 Å². The van der Waals surface area contributed by atoms with Gasteiger partial charge in [-0.2, -0.15) is 0 Å². The summed E-state index contributed by atoms with van der Waals surface area (Å²) in [5, 5.41) is 0. The first kappa shape index (κ1) is 11.0. The molecule has 1 unspecified atom stereocenters. The molecule has 0 bridgehead atoms. The predicted molar refractivity (Wildman–Crippen MR) is 53.9 cm³/mol. The van der Waals surface area contributed by atoms with Gasteiger partial charge in [0.1, 0.15) is 12.2 Å². The highest BCUT2D eigenvalue weighted by Gasteiger charge is 2.38. The van der Waals surface area contributed by atoms with Crippen LogP contribution in [0.15, 0.2) is 24.8 Å². The standard InChI is InChI=1S/C11H16O3/c1-4-6-9-10(13-7-5-2)8(3)11(12)14-9/h5,9-10H,2-4,6-7H2,1H3/t9-,10?/m1/s1. The first-order chi connectivity index (χ1) is 6.70. The van der Waals surface area contributed by atoms with Gasteiger partial charge in [0.2, 0.25) is 0 Å². The van der Waals surface area contributed by atoms with Crippen LogP contribution in [0.2, 0.25) is 0 Å². The lowest BCUT2D eigenvalue weighted by molar-refractivity contribution is -0.140. The lowest BCUT2D eigenvalue weighted by Crippen LogP contribution is -2.25. The zero-order valence-electron chi connectivity index (χ0n) is 8.49. The average Bonchev–Trinajstić information content (AvgIpc) is 2.42. The molecule has 3 nitrogen and oxygen atoms in total. The molecule has 0 aromatic carbocycles. The van der Waals surface area contributed by atoms with Gasteiger partial charge in [0, 0.05) is 0 Å². The molecule has 0 amide bonds. The minimum absolute atomic E-state index is 0.167. The molecule has 14 heavy (non-hydrogen) atoms. The molecule has 0 spiro atoms. The fourth-order valence-corrected chi connectivity index (χ4v) is 1.49. The topological polar surface area (TPSA) is 35.5 Å². The Balaban J connectivity index is 2.60. The van der Waals surface area contributed by atoms with Crippen LogP contribution in [-0.4, -0.2) is 24.8 Å². The monoisotopic (exact) mass is 196 g/mol. The molecular formula is C11H16O3. The Hall–Kier alpha value is -1.09. The molecule has 0 aliphatic carbocycles. The number of ether oxygens (including phenoxy) is 2. The van der Waals surface area contributed by atoms with Gasteiger partial charge in [0.05, 0.1) is 12.2 Å². The smallest absolute Gasteiger partial charge is 0.336 e. The van der Waals surface area contributed by atoms with Crippen LogP contribution in [0.4, 0.5) is 0 Å². The predicted octanol–water partition coefficient (Wildman–Crippen LogP) is 1.84. The molecule has 1 fully saturated rings. The summed E-state index contributed by atoms with van der Waals surface area (Å²) in [6, 6.07) is 0. The van der Waals surface area contributed by atoms with E-state index in [1.54, 1.807) is 6.08 Å². The summed E-state index contributed by atoms with van der Waals surface area (Å²) < 4.78 is 10.6.